The van der Waals surface area contributed by atoms with Gasteiger partial charge in [-0.15, -0.1) is 11.3 Å². The molecule has 0 saturated heterocycles. The van der Waals surface area contributed by atoms with Gasteiger partial charge in [0.15, 0.2) is 0 Å². The van der Waals surface area contributed by atoms with Crippen molar-refractivity contribution in [1.29, 1.82) is 0 Å². The fourth-order valence-corrected chi connectivity index (χ4v) is 4.47. The Morgan fingerprint density at radius 2 is 1.00 bits per heavy atom. The maximum absolute atomic E-state index is 3.45. The van der Waals surface area contributed by atoms with E-state index in [9.17, 15) is 0 Å². The number of rotatable bonds is 2. The van der Waals surface area contributed by atoms with Crippen LogP contribution in [-0.2, 0) is 0 Å². The van der Waals surface area contributed by atoms with Gasteiger partial charge in [0.25, 0.3) is 0 Å². The first-order valence-electron chi connectivity index (χ1n) is 7.63. The average Bonchev–Trinajstić information content (AvgIpc) is 3.27. The quantitative estimate of drug-likeness (QED) is 0.398. The Balaban J connectivity index is 1.78. The summed E-state index contributed by atoms with van der Waals surface area (Å²) >= 11 is 1.86. The lowest BCUT2D eigenvalue weighted by molar-refractivity contribution is 1.44. The summed E-state index contributed by atoms with van der Waals surface area (Å²) in [5, 5.41) is 0. The monoisotopic (exact) mass is 314 g/mol. The lowest BCUT2D eigenvalue weighted by Crippen LogP contribution is -1.72. The van der Waals surface area contributed by atoms with Crippen molar-refractivity contribution in [3.05, 3.63) is 73.1 Å². The van der Waals surface area contributed by atoms with E-state index >= 15 is 0 Å². The predicted octanol–water partition coefficient (Wildman–Crippen LogP) is 6.04. The third kappa shape index (κ3) is 1.87. The summed E-state index contributed by atoms with van der Waals surface area (Å²) in [7, 11) is 0. The average molecular weight is 314 g/mol. The molecule has 5 aromatic rings. The standard InChI is InChI=1S/C20H14N2S/c1-3-7-13(8-4-1)15-11-21-17-18-20(23-19(15)17)16(12-22-18)14-9-5-2-6-10-14/h1-12,21-22H. The van der Waals surface area contributed by atoms with Crippen molar-refractivity contribution in [2.45, 2.75) is 0 Å². The summed E-state index contributed by atoms with van der Waals surface area (Å²) in [6.07, 6.45) is 4.22. The zero-order valence-corrected chi connectivity index (χ0v) is 13.2. The van der Waals surface area contributed by atoms with Crippen LogP contribution in [0, 0.1) is 0 Å². The van der Waals surface area contributed by atoms with Crippen molar-refractivity contribution < 1.29 is 0 Å². The van der Waals surface area contributed by atoms with E-state index in [0.29, 0.717) is 0 Å². The molecule has 0 radical (unpaired) electrons. The van der Waals surface area contributed by atoms with E-state index in [-0.39, 0.29) is 0 Å². The van der Waals surface area contributed by atoms with Crippen LogP contribution in [0.2, 0.25) is 0 Å². The van der Waals surface area contributed by atoms with Gasteiger partial charge in [0.2, 0.25) is 0 Å². The van der Waals surface area contributed by atoms with Crippen LogP contribution in [0.5, 0.6) is 0 Å². The molecule has 0 aliphatic heterocycles. The first kappa shape index (κ1) is 12.7. The van der Waals surface area contributed by atoms with Gasteiger partial charge in [0, 0.05) is 23.5 Å². The largest absolute Gasteiger partial charge is 0.358 e. The van der Waals surface area contributed by atoms with Gasteiger partial charge in [-0.1, -0.05) is 60.7 Å². The molecule has 0 aliphatic rings. The first-order valence-corrected chi connectivity index (χ1v) is 8.45. The van der Waals surface area contributed by atoms with Gasteiger partial charge in [0.05, 0.1) is 20.4 Å². The number of fused-ring (bicyclic) bond motifs is 3. The highest BCUT2D eigenvalue weighted by molar-refractivity contribution is 7.26. The summed E-state index contributed by atoms with van der Waals surface area (Å²) in [4.78, 5) is 6.91. The summed E-state index contributed by atoms with van der Waals surface area (Å²) in [5.74, 6) is 0. The fraction of sp³-hybridized carbons (Fsp3) is 0. The Bertz CT molecular complexity index is 1010. The summed E-state index contributed by atoms with van der Waals surface area (Å²) < 4.78 is 2.63. The lowest BCUT2D eigenvalue weighted by atomic mass is 10.1. The molecule has 0 aliphatic carbocycles. The number of aromatic nitrogens is 2. The molecule has 2 nitrogen and oxygen atoms in total. The summed E-state index contributed by atoms with van der Waals surface area (Å²) in [5.41, 5.74) is 7.45. The Morgan fingerprint density at radius 3 is 1.43 bits per heavy atom. The molecule has 0 fully saturated rings. The Kier molecular flexibility index (Phi) is 2.69. The summed E-state index contributed by atoms with van der Waals surface area (Å²) in [6.45, 7) is 0. The molecule has 3 heteroatoms. The van der Waals surface area contributed by atoms with Crippen LogP contribution in [0.3, 0.4) is 0 Å². The third-order valence-electron chi connectivity index (χ3n) is 4.29. The van der Waals surface area contributed by atoms with Crippen LogP contribution in [0.25, 0.3) is 42.7 Å². The van der Waals surface area contributed by atoms with Crippen molar-refractivity contribution in [3.8, 4) is 22.3 Å². The van der Waals surface area contributed by atoms with Crippen LogP contribution in [0.1, 0.15) is 0 Å². The molecule has 0 atom stereocenters. The molecule has 5 rings (SSSR count). The second kappa shape index (κ2) is 4.86. The molecule has 0 bridgehead atoms. The van der Waals surface area contributed by atoms with Gasteiger partial charge < -0.3 is 9.97 Å². The maximum Gasteiger partial charge on any atom is 0.0816 e. The minimum absolute atomic E-state index is 1.20. The molecule has 0 spiro atoms. The molecule has 0 saturated carbocycles. The van der Waals surface area contributed by atoms with E-state index in [1.807, 2.05) is 11.3 Å². The minimum Gasteiger partial charge on any atom is -0.358 e. The van der Waals surface area contributed by atoms with Crippen LogP contribution >= 0.6 is 11.3 Å². The Morgan fingerprint density at radius 1 is 0.565 bits per heavy atom. The van der Waals surface area contributed by atoms with Crippen molar-refractivity contribution in [2.75, 3.05) is 0 Å². The second-order valence-electron chi connectivity index (χ2n) is 5.65. The molecule has 2 N–H and O–H groups in total. The lowest BCUT2D eigenvalue weighted by Gasteiger charge is -1.97. The predicted molar refractivity (Wildman–Crippen MR) is 98.9 cm³/mol. The molecule has 23 heavy (non-hydrogen) atoms. The molecular formula is C20H14N2S. The normalized spacial score (nSPS) is 11.5. The third-order valence-corrected chi connectivity index (χ3v) is 5.55. The van der Waals surface area contributed by atoms with E-state index in [4.69, 9.17) is 0 Å². The van der Waals surface area contributed by atoms with Crippen LogP contribution in [0.4, 0.5) is 0 Å². The Labute approximate surface area is 137 Å². The van der Waals surface area contributed by atoms with E-state index in [1.54, 1.807) is 0 Å². The van der Waals surface area contributed by atoms with Crippen molar-refractivity contribution in [3.63, 3.8) is 0 Å². The zero-order valence-electron chi connectivity index (χ0n) is 12.3. The number of thiophene rings is 1. The second-order valence-corrected chi connectivity index (χ2v) is 6.67. The number of benzene rings is 2. The SMILES string of the molecule is c1ccc(-c2c[nH]c3c2sc2c(-c4ccccc4)c[nH]c23)cc1. The van der Waals surface area contributed by atoms with E-state index < -0.39 is 0 Å². The highest BCUT2D eigenvalue weighted by atomic mass is 32.1. The fourth-order valence-electron chi connectivity index (χ4n) is 3.17. The van der Waals surface area contributed by atoms with Crippen molar-refractivity contribution >= 4 is 31.8 Å². The van der Waals surface area contributed by atoms with Crippen molar-refractivity contribution in [2.24, 2.45) is 0 Å². The van der Waals surface area contributed by atoms with Gasteiger partial charge in [-0.05, 0) is 11.1 Å². The van der Waals surface area contributed by atoms with Gasteiger partial charge >= 0.3 is 0 Å². The highest BCUT2D eigenvalue weighted by Crippen LogP contribution is 2.43. The highest BCUT2D eigenvalue weighted by Gasteiger charge is 2.16. The summed E-state index contributed by atoms with van der Waals surface area (Å²) in [6, 6.07) is 21.1. The molecule has 0 amide bonds. The first-order chi connectivity index (χ1) is 11.4. The molecule has 3 heterocycles. The van der Waals surface area contributed by atoms with Crippen LogP contribution in [-0.4, -0.2) is 9.97 Å². The number of aromatic amines is 2. The van der Waals surface area contributed by atoms with Crippen LogP contribution < -0.4 is 0 Å². The van der Waals surface area contributed by atoms with E-state index in [2.05, 4.69) is 83.0 Å². The number of nitrogens with one attached hydrogen (secondary N) is 2. The molecule has 110 valence electrons. The topological polar surface area (TPSA) is 31.6 Å². The van der Waals surface area contributed by atoms with Gasteiger partial charge in [0.1, 0.15) is 0 Å². The molecular weight excluding hydrogens is 300 g/mol. The number of hydrogen-bond donors (Lipinski definition) is 2. The van der Waals surface area contributed by atoms with Gasteiger partial charge in [-0.25, -0.2) is 0 Å². The molecule has 2 aromatic carbocycles. The Hall–Kier alpha value is -2.78. The number of hydrogen-bond acceptors (Lipinski definition) is 1. The van der Waals surface area contributed by atoms with E-state index in [1.165, 1.54) is 42.7 Å². The van der Waals surface area contributed by atoms with Crippen molar-refractivity contribution in [1.82, 2.24) is 9.97 Å². The molecule has 0 unspecified atom stereocenters. The van der Waals surface area contributed by atoms with Crippen LogP contribution in [0.15, 0.2) is 73.1 Å². The maximum atomic E-state index is 3.45. The van der Waals surface area contributed by atoms with E-state index in [0.717, 1.165) is 0 Å². The number of H-pyrrole nitrogens is 2. The van der Waals surface area contributed by atoms with Gasteiger partial charge in [-0.2, -0.15) is 0 Å². The zero-order chi connectivity index (χ0) is 15.2. The minimum atomic E-state index is 1.20. The smallest absolute Gasteiger partial charge is 0.0816 e. The van der Waals surface area contributed by atoms with Gasteiger partial charge in [-0.3, -0.25) is 0 Å². The molecule has 3 aromatic heterocycles.